The minimum atomic E-state index is -0.0230. The number of aromatic hydroxyl groups is 1. The summed E-state index contributed by atoms with van der Waals surface area (Å²) < 4.78 is 0. The molecule has 3 heteroatoms. The van der Waals surface area contributed by atoms with E-state index in [1.165, 1.54) is 5.56 Å². The molecule has 0 aliphatic carbocycles. The third-order valence-electron chi connectivity index (χ3n) is 3.25. The molecule has 1 aromatic carbocycles. The van der Waals surface area contributed by atoms with Crippen LogP contribution in [0.4, 0.5) is 5.69 Å². The third-order valence-corrected chi connectivity index (χ3v) is 3.25. The number of hydrogen-bond acceptors (Lipinski definition) is 3. The van der Waals surface area contributed by atoms with Crippen LogP contribution in [0.1, 0.15) is 25.3 Å². The SMILES string of the molecule is CCC1(NC)CC=Nc2cc(O)ccc21. The van der Waals surface area contributed by atoms with Gasteiger partial charge in [0.05, 0.1) is 11.2 Å². The molecule has 0 fully saturated rings. The Morgan fingerprint density at radius 2 is 2.33 bits per heavy atom. The molecule has 1 aliphatic rings. The van der Waals surface area contributed by atoms with Crippen molar-refractivity contribution >= 4 is 11.9 Å². The lowest BCUT2D eigenvalue weighted by atomic mass is 9.82. The zero-order chi connectivity index (χ0) is 10.9. The van der Waals surface area contributed by atoms with E-state index in [1.807, 2.05) is 19.3 Å². The molecule has 1 heterocycles. The van der Waals surface area contributed by atoms with Gasteiger partial charge in [-0.3, -0.25) is 4.99 Å². The van der Waals surface area contributed by atoms with E-state index in [-0.39, 0.29) is 11.3 Å². The van der Waals surface area contributed by atoms with Gasteiger partial charge >= 0.3 is 0 Å². The fourth-order valence-corrected chi connectivity index (χ4v) is 2.19. The van der Waals surface area contributed by atoms with E-state index in [9.17, 15) is 5.11 Å². The highest BCUT2D eigenvalue weighted by molar-refractivity contribution is 5.72. The van der Waals surface area contributed by atoms with E-state index in [1.54, 1.807) is 12.1 Å². The minimum Gasteiger partial charge on any atom is -0.508 e. The number of nitrogens with one attached hydrogen (secondary N) is 1. The average molecular weight is 204 g/mol. The second-order valence-electron chi connectivity index (χ2n) is 3.90. The molecule has 1 aromatic rings. The molecular formula is C12H16N2O. The van der Waals surface area contributed by atoms with Crippen molar-refractivity contribution in [1.82, 2.24) is 5.32 Å². The number of benzene rings is 1. The molecule has 80 valence electrons. The van der Waals surface area contributed by atoms with Gasteiger partial charge in [0.2, 0.25) is 0 Å². The molecule has 1 aliphatic heterocycles. The fraction of sp³-hybridized carbons (Fsp3) is 0.417. The van der Waals surface area contributed by atoms with Gasteiger partial charge in [0.15, 0.2) is 0 Å². The van der Waals surface area contributed by atoms with Gasteiger partial charge in [-0.25, -0.2) is 0 Å². The van der Waals surface area contributed by atoms with Gasteiger partial charge in [0, 0.05) is 18.7 Å². The molecule has 0 radical (unpaired) electrons. The predicted molar refractivity (Wildman–Crippen MR) is 61.9 cm³/mol. The topological polar surface area (TPSA) is 44.6 Å². The molecule has 1 atom stereocenters. The van der Waals surface area contributed by atoms with Gasteiger partial charge in [-0.15, -0.1) is 0 Å². The van der Waals surface area contributed by atoms with Crippen LogP contribution in [0, 0.1) is 0 Å². The van der Waals surface area contributed by atoms with Crippen LogP contribution in [-0.4, -0.2) is 18.4 Å². The van der Waals surface area contributed by atoms with Crippen LogP contribution in [0.5, 0.6) is 5.75 Å². The van der Waals surface area contributed by atoms with Gasteiger partial charge in [0.1, 0.15) is 5.75 Å². The number of nitrogens with zero attached hydrogens (tertiary/aromatic N) is 1. The number of phenolic OH excluding ortho intramolecular Hbond substituents is 1. The van der Waals surface area contributed by atoms with Crippen molar-refractivity contribution in [3.8, 4) is 5.75 Å². The molecule has 15 heavy (non-hydrogen) atoms. The average Bonchev–Trinajstić information content (AvgIpc) is 2.27. The van der Waals surface area contributed by atoms with Crippen molar-refractivity contribution in [2.24, 2.45) is 4.99 Å². The van der Waals surface area contributed by atoms with Crippen molar-refractivity contribution in [2.75, 3.05) is 7.05 Å². The molecule has 1 unspecified atom stereocenters. The first kappa shape index (κ1) is 10.2. The summed E-state index contributed by atoms with van der Waals surface area (Å²) in [6.45, 7) is 2.16. The summed E-state index contributed by atoms with van der Waals surface area (Å²) in [4.78, 5) is 4.32. The number of fused-ring (bicyclic) bond motifs is 1. The van der Waals surface area contributed by atoms with Crippen molar-refractivity contribution in [3.05, 3.63) is 23.8 Å². The Balaban J connectivity index is 2.56. The van der Waals surface area contributed by atoms with E-state index in [4.69, 9.17) is 0 Å². The Bertz CT molecular complexity index is 395. The number of rotatable bonds is 2. The lowest BCUT2D eigenvalue weighted by molar-refractivity contribution is 0.360. The molecule has 0 amide bonds. The number of aliphatic imine (C=N–C) groups is 1. The molecule has 0 spiro atoms. The quantitative estimate of drug-likeness (QED) is 0.776. The Hall–Kier alpha value is -1.35. The Labute approximate surface area is 89.9 Å². The third kappa shape index (κ3) is 1.53. The largest absolute Gasteiger partial charge is 0.508 e. The maximum absolute atomic E-state index is 9.41. The summed E-state index contributed by atoms with van der Waals surface area (Å²) in [6, 6.07) is 5.40. The summed E-state index contributed by atoms with van der Waals surface area (Å²) in [7, 11) is 1.97. The molecule has 2 N–H and O–H groups in total. The summed E-state index contributed by atoms with van der Waals surface area (Å²) >= 11 is 0. The lowest BCUT2D eigenvalue weighted by Crippen LogP contribution is -2.40. The van der Waals surface area contributed by atoms with Crippen LogP contribution in [-0.2, 0) is 5.54 Å². The highest BCUT2D eigenvalue weighted by atomic mass is 16.3. The fourth-order valence-electron chi connectivity index (χ4n) is 2.19. The van der Waals surface area contributed by atoms with Crippen molar-refractivity contribution < 1.29 is 5.11 Å². The van der Waals surface area contributed by atoms with Crippen LogP contribution in [0.25, 0.3) is 0 Å². The van der Waals surface area contributed by atoms with Crippen LogP contribution in [0.3, 0.4) is 0 Å². The van der Waals surface area contributed by atoms with Crippen molar-refractivity contribution in [3.63, 3.8) is 0 Å². The summed E-state index contributed by atoms with van der Waals surface area (Å²) in [5.74, 6) is 0.272. The van der Waals surface area contributed by atoms with Crippen molar-refractivity contribution in [2.45, 2.75) is 25.3 Å². The molecular weight excluding hydrogens is 188 g/mol. The molecule has 0 aromatic heterocycles. The van der Waals surface area contributed by atoms with E-state index in [0.29, 0.717) is 0 Å². The van der Waals surface area contributed by atoms with E-state index < -0.39 is 0 Å². The number of phenols is 1. The van der Waals surface area contributed by atoms with Gasteiger partial charge in [-0.05, 0) is 25.1 Å². The second-order valence-corrected chi connectivity index (χ2v) is 3.90. The Morgan fingerprint density at radius 1 is 1.53 bits per heavy atom. The van der Waals surface area contributed by atoms with E-state index >= 15 is 0 Å². The van der Waals surface area contributed by atoms with Gasteiger partial charge in [-0.2, -0.15) is 0 Å². The van der Waals surface area contributed by atoms with Crippen LogP contribution in [0.15, 0.2) is 23.2 Å². The zero-order valence-corrected chi connectivity index (χ0v) is 9.12. The molecule has 0 saturated heterocycles. The lowest BCUT2D eigenvalue weighted by Gasteiger charge is -2.35. The maximum Gasteiger partial charge on any atom is 0.117 e. The van der Waals surface area contributed by atoms with Gasteiger partial charge in [-0.1, -0.05) is 13.0 Å². The molecule has 3 nitrogen and oxygen atoms in total. The maximum atomic E-state index is 9.41. The summed E-state index contributed by atoms with van der Waals surface area (Å²) in [5, 5.41) is 12.8. The second kappa shape index (κ2) is 3.66. The molecule has 0 saturated carbocycles. The van der Waals surface area contributed by atoms with Crippen molar-refractivity contribution in [1.29, 1.82) is 0 Å². The summed E-state index contributed by atoms with van der Waals surface area (Å²) in [5.41, 5.74) is 2.02. The first-order chi connectivity index (χ1) is 7.22. The predicted octanol–water partition coefficient (Wildman–Crippen LogP) is 2.32. The normalized spacial score (nSPS) is 23.9. The van der Waals surface area contributed by atoms with E-state index in [2.05, 4.69) is 17.2 Å². The van der Waals surface area contributed by atoms with Crippen LogP contribution < -0.4 is 5.32 Å². The molecule has 0 bridgehead atoms. The monoisotopic (exact) mass is 204 g/mol. The van der Waals surface area contributed by atoms with E-state index in [0.717, 1.165) is 18.5 Å². The van der Waals surface area contributed by atoms with Crippen LogP contribution >= 0.6 is 0 Å². The van der Waals surface area contributed by atoms with Crippen LogP contribution in [0.2, 0.25) is 0 Å². The highest BCUT2D eigenvalue weighted by Gasteiger charge is 2.32. The Morgan fingerprint density at radius 3 is 3.00 bits per heavy atom. The first-order valence-electron chi connectivity index (χ1n) is 5.27. The minimum absolute atomic E-state index is 0.0230. The number of hydrogen-bond donors (Lipinski definition) is 2. The smallest absolute Gasteiger partial charge is 0.117 e. The standard InChI is InChI=1S/C12H16N2O/c1-3-12(13-2)6-7-14-11-8-9(15)4-5-10(11)12/h4-5,7-8,13,15H,3,6H2,1-2H3. The van der Waals surface area contributed by atoms with Gasteiger partial charge < -0.3 is 10.4 Å². The Kier molecular flexibility index (Phi) is 2.49. The summed E-state index contributed by atoms with van der Waals surface area (Å²) in [6.07, 6.45) is 3.83. The molecule has 2 rings (SSSR count). The van der Waals surface area contributed by atoms with Gasteiger partial charge in [0.25, 0.3) is 0 Å². The highest BCUT2D eigenvalue weighted by Crippen LogP contribution is 2.39. The first-order valence-corrected chi connectivity index (χ1v) is 5.27. The zero-order valence-electron chi connectivity index (χ0n) is 9.12.